The van der Waals surface area contributed by atoms with Gasteiger partial charge in [-0.1, -0.05) is 0 Å². The quantitative estimate of drug-likeness (QED) is 0.848. The first kappa shape index (κ1) is 15.3. The second kappa shape index (κ2) is 5.56. The number of ether oxygens (including phenoxy) is 1. The molecule has 2 aromatic rings. The molecule has 1 unspecified atom stereocenters. The van der Waals surface area contributed by atoms with Crippen molar-refractivity contribution >= 4 is 11.6 Å². The number of alkyl halides is 3. The number of carbonyl (C=O) groups excluding carboxylic acids is 1. The van der Waals surface area contributed by atoms with E-state index in [0.29, 0.717) is 18.1 Å². The standard InChI is InChI=1S/C14H13F3N4O2/c1-9-7-21(10-3-2-5-18-13(10)23-9)12(22)8-20-6-4-11(19-20)14(15,16)17/h2-6,9H,7-8H2,1H3. The lowest BCUT2D eigenvalue weighted by atomic mass is 10.2. The van der Waals surface area contributed by atoms with Crippen LogP contribution in [-0.2, 0) is 17.5 Å². The summed E-state index contributed by atoms with van der Waals surface area (Å²) in [7, 11) is 0. The summed E-state index contributed by atoms with van der Waals surface area (Å²) >= 11 is 0. The Morgan fingerprint density at radius 1 is 1.43 bits per heavy atom. The van der Waals surface area contributed by atoms with Gasteiger partial charge in [-0.15, -0.1) is 0 Å². The Morgan fingerprint density at radius 3 is 2.91 bits per heavy atom. The minimum atomic E-state index is -4.53. The number of carbonyl (C=O) groups is 1. The maximum absolute atomic E-state index is 12.5. The molecule has 9 heteroatoms. The number of anilines is 1. The molecular formula is C14H13F3N4O2. The fraction of sp³-hybridized carbons (Fsp3) is 0.357. The molecule has 0 fully saturated rings. The molecule has 2 aromatic heterocycles. The van der Waals surface area contributed by atoms with Crippen LogP contribution in [0.25, 0.3) is 0 Å². The van der Waals surface area contributed by atoms with Gasteiger partial charge < -0.3 is 9.64 Å². The van der Waals surface area contributed by atoms with Gasteiger partial charge in [0.25, 0.3) is 0 Å². The highest BCUT2D eigenvalue weighted by Gasteiger charge is 2.34. The van der Waals surface area contributed by atoms with Gasteiger partial charge in [0.1, 0.15) is 18.3 Å². The van der Waals surface area contributed by atoms with Crippen LogP contribution in [0, 0.1) is 0 Å². The summed E-state index contributed by atoms with van der Waals surface area (Å²) in [6.45, 7) is 1.79. The van der Waals surface area contributed by atoms with Crippen LogP contribution < -0.4 is 9.64 Å². The molecule has 23 heavy (non-hydrogen) atoms. The number of rotatable bonds is 2. The summed E-state index contributed by atoms with van der Waals surface area (Å²) in [4.78, 5) is 17.9. The lowest BCUT2D eigenvalue weighted by Gasteiger charge is -2.32. The summed E-state index contributed by atoms with van der Waals surface area (Å²) in [6.07, 6.45) is -2.11. The number of nitrogens with zero attached hydrogens (tertiary/aromatic N) is 4. The van der Waals surface area contributed by atoms with Gasteiger partial charge in [0.2, 0.25) is 11.8 Å². The highest BCUT2D eigenvalue weighted by Crippen LogP contribution is 2.31. The Balaban J connectivity index is 1.80. The van der Waals surface area contributed by atoms with Gasteiger partial charge in [0.15, 0.2) is 5.69 Å². The molecule has 1 aliphatic rings. The summed E-state index contributed by atoms with van der Waals surface area (Å²) in [6, 6.07) is 4.18. The molecule has 0 N–H and O–H groups in total. The molecule has 3 heterocycles. The van der Waals surface area contributed by atoms with Crippen molar-refractivity contribution in [2.24, 2.45) is 0 Å². The lowest BCUT2D eigenvalue weighted by molar-refractivity contribution is -0.141. The topological polar surface area (TPSA) is 60.2 Å². The number of amides is 1. The van der Waals surface area contributed by atoms with Crippen molar-refractivity contribution in [3.8, 4) is 5.88 Å². The van der Waals surface area contributed by atoms with Crippen molar-refractivity contribution in [3.05, 3.63) is 36.3 Å². The van der Waals surface area contributed by atoms with Crippen molar-refractivity contribution in [1.82, 2.24) is 14.8 Å². The van der Waals surface area contributed by atoms with Crippen LogP contribution in [0.2, 0.25) is 0 Å². The van der Waals surface area contributed by atoms with Gasteiger partial charge in [0.05, 0.1) is 6.54 Å². The Labute approximate surface area is 129 Å². The third-order valence-electron chi connectivity index (χ3n) is 3.32. The van der Waals surface area contributed by atoms with E-state index < -0.39 is 11.9 Å². The molecule has 0 saturated heterocycles. The fourth-order valence-corrected chi connectivity index (χ4v) is 2.32. The van der Waals surface area contributed by atoms with Crippen molar-refractivity contribution in [3.63, 3.8) is 0 Å². The average molecular weight is 326 g/mol. The Bertz CT molecular complexity index is 729. The summed E-state index contributed by atoms with van der Waals surface area (Å²) < 4.78 is 44.1. The predicted molar refractivity (Wildman–Crippen MR) is 73.9 cm³/mol. The molecule has 0 bridgehead atoms. The van der Waals surface area contributed by atoms with Crippen molar-refractivity contribution in [1.29, 1.82) is 0 Å². The zero-order valence-corrected chi connectivity index (χ0v) is 12.1. The van der Waals surface area contributed by atoms with Crippen LogP contribution in [0.4, 0.5) is 18.9 Å². The summed E-state index contributed by atoms with van der Waals surface area (Å²) in [5.41, 5.74) is -0.526. The Kier molecular flexibility index (Phi) is 3.70. The third kappa shape index (κ3) is 3.13. The van der Waals surface area contributed by atoms with E-state index in [-0.39, 0.29) is 18.6 Å². The highest BCUT2D eigenvalue weighted by atomic mass is 19.4. The zero-order chi connectivity index (χ0) is 16.6. The molecule has 1 aliphatic heterocycles. The molecule has 0 aliphatic carbocycles. The largest absolute Gasteiger partial charge is 0.471 e. The van der Waals surface area contributed by atoms with Crippen LogP contribution in [0.3, 0.4) is 0 Å². The Hall–Kier alpha value is -2.58. The molecular weight excluding hydrogens is 313 g/mol. The van der Waals surface area contributed by atoms with E-state index in [1.54, 1.807) is 25.3 Å². The maximum atomic E-state index is 12.5. The monoisotopic (exact) mass is 326 g/mol. The predicted octanol–water partition coefficient (Wildman–Crippen LogP) is 2.11. The van der Waals surface area contributed by atoms with E-state index in [2.05, 4.69) is 10.1 Å². The zero-order valence-electron chi connectivity index (χ0n) is 12.1. The number of hydrogen-bond donors (Lipinski definition) is 0. The summed E-state index contributed by atoms with van der Waals surface area (Å²) in [5, 5.41) is 3.39. The molecule has 0 spiro atoms. The van der Waals surface area contributed by atoms with Gasteiger partial charge in [-0.25, -0.2) is 4.98 Å². The Morgan fingerprint density at radius 2 is 2.22 bits per heavy atom. The first-order chi connectivity index (χ1) is 10.8. The van der Waals surface area contributed by atoms with Gasteiger partial charge in [-0.2, -0.15) is 18.3 Å². The summed E-state index contributed by atoms with van der Waals surface area (Å²) in [5.74, 6) is -0.0535. The van der Waals surface area contributed by atoms with Crippen molar-refractivity contribution in [2.75, 3.05) is 11.4 Å². The van der Waals surface area contributed by atoms with E-state index in [4.69, 9.17) is 4.74 Å². The average Bonchev–Trinajstić information content (AvgIpc) is 2.95. The van der Waals surface area contributed by atoms with Gasteiger partial charge in [0, 0.05) is 12.4 Å². The number of fused-ring (bicyclic) bond motifs is 1. The van der Waals surface area contributed by atoms with E-state index in [1.807, 2.05) is 0 Å². The minimum absolute atomic E-state index is 0.260. The van der Waals surface area contributed by atoms with Crippen LogP contribution >= 0.6 is 0 Å². The highest BCUT2D eigenvalue weighted by molar-refractivity contribution is 5.94. The molecule has 0 radical (unpaired) electrons. The van der Waals surface area contributed by atoms with E-state index in [1.165, 1.54) is 4.90 Å². The first-order valence-electron chi connectivity index (χ1n) is 6.87. The second-order valence-corrected chi connectivity index (χ2v) is 5.16. The van der Waals surface area contributed by atoms with Crippen LogP contribution in [0.1, 0.15) is 12.6 Å². The van der Waals surface area contributed by atoms with Gasteiger partial charge in [-0.05, 0) is 25.1 Å². The van der Waals surface area contributed by atoms with E-state index in [0.717, 1.165) is 16.9 Å². The molecule has 1 atom stereocenters. The second-order valence-electron chi connectivity index (χ2n) is 5.16. The minimum Gasteiger partial charge on any atom is -0.471 e. The first-order valence-corrected chi connectivity index (χ1v) is 6.87. The number of hydrogen-bond acceptors (Lipinski definition) is 4. The number of aromatic nitrogens is 3. The van der Waals surface area contributed by atoms with Crippen LogP contribution in [-0.4, -0.2) is 33.3 Å². The normalized spacial score (nSPS) is 17.6. The van der Waals surface area contributed by atoms with E-state index in [9.17, 15) is 18.0 Å². The van der Waals surface area contributed by atoms with E-state index >= 15 is 0 Å². The molecule has 122 valence electrons. The molecule has 0 aromatic carbocycles. The molecule has 6 nitrogen and oxygen atoms in total. The van der Waals surface area contributed by atoms with Gasteiger partial charge >= 0.3 is 6.18 Å². The third-order valence-corrected chi connectivity index (χ3v) is 3.32. The number of pyridine rings is 1. The lowest BCUT2D eigenvalue weighted by Crippen LogP contribution is -2.44. The van der Waals surface area contributed by atoms with Crippen LogP contribution in [0.5, 0.6) is 5.88 Å². The molecule has 0 saturated carbocycles. The van der Waals surface area contributed by atoms with Crippen molar-refractivity contribution in [2.45, 2.75) is 25.7 Å². The van der Waals surface area contributed by atoms with Crippen LogP contribution in [0.15, 0.2) is 30.6 Å². The maximum Gasteiger partial charge on any atom is 0.435 e. The SMILES string of the molecule is CC1CN(C(=O)Cn2ccc(C(F)(F)F)n2)c2cccnc2O1. The van der Waals surface area contributed by atoms with Crippen molar-refractivity contribution < 1.29 is 22.7 Å². The molecule has 1 amide bonds. The number of halogens is 3. The molecule has 3 rings (SSSR count). The van der Waals surface area contributed by atoms with Gasteiger partial charge in [-0.3, -0.25) is 9.48 Å². The fourth-order valence-electron chi connectivity index (χ4n) is 2.32. The smallest absolute Gasteiger partial charge is 0.435 e.